The van der Waals surface area contributed by atoms with Gasteiger partial charge in [-0.3, -0.25) is 9.89 Å². The summed E-state index contributed by atoms with van der Waals surface area (Å²) in [6.45, 7) is 5.93. The number of piperazine rings is 1. The Kier molecular flexibility index (Phi) is 7.12. The van der Waals surface area contributed by atoms with Crippen LogP contribution in [0.15, 0.2) is 35.0 Å². The zero-order valence-corrected chi connectivity index (χ0v) is 13.0. The predicted molar refractivity (Wildman–Crippen MR) is 86.9 cm³/mol. The van der Waals surface area contributed by atoms with Crippen LogP contribution in [0.4, 0.5) is 14.5 Å². The van der Waals surface area contributed by atoms with Crippen molar-refractivity contribution in [3.8, 4) is 0 Å². The SMILES string of the molecule is NC(=CC=Nc1ccc(F)c(F)c1)COCCN1CCNCC1. The van der Waals surface area contributed by atoms with Gasteiger partial charge in [-0.25, -0.2) is 8.78 Å². The van der Waals surface area contributed by atoms with Crippen LogP contribution in [-0.4, -0.2) is 57.1 Å². The maximum atomic E-state index is 13.0. The molecule has 0 atom stereocenters. The summed E-state index contributed by atoms with van der Waals surface area (Å²) in [5.74, 6) is -1.82. The first-order valence-corrected chi connectivity index (χ1v) is 7.60. The van der Waals surface area contributed by atoms with E-state index in [2.05, 4.69) is 15.2 Å². The molecule has 0 spiro atoms. The molecule has 0 aliphatic carbocycles. The molecule has 3 N–H and O–H groups in total. The summed E-state index contributed by atoms with van der Waals surface area (Å²) in [5, 5.41) is 3.30. The summed E-state index contributed by atoms with van der Waals surface area (Å²) in [6, 6.07) is 3.46. The highest BCUT2D eigenvalue weighted by molar-refractivity contribution is 5.75. The van der Waals surface area contributed by atoms with Gasteiger partial charge < -0.3 is 15.8 Å². The summed E-state index contributed by atoms with van der Waals surface area (Å²) >= 11 is 0. The van der Waals surface area contributed by atoms with E-state index in [4.69, 9.17) is 10.5 Å². The predicted octanol–water partition coefficient (Wildman–Crippen LogP) is 1.43. The number of rotatable bonds is 7. The van der Waals surface area contributed by atoms with Gasteiger partial charge in [0.05, 0.1) is 18.9 Å². The first-order valence-electron chi connectivity index (χ1n) is 7.60. The fourth-order valence-electron chi connectivity index (χ4n) is 2.15. The van der Waals surface area contributed by atoms with Gasteiger partial charge in [0.25, 0.3) is 0 Å². The van der Waals surface area contributed by atoms with Crippen LogP contribution in [0.2, 0.25) is 0 Å². The summed E-state index contributed by atoms with van der Waals surface area (Å²) < 4.78 is 31.3. The van der Waals surface area contributed by atoms with Gasteiger partial charge in [0.2, 0.25) is 0 Å². The molecule has 0 bridgehead atoms. The Balaban J connectivity index is 1.67. The van der Waals surface area contributed by atoms with Crippen molar-refractivity contribution in [1.29, 1.82) is 0 Å². The Labute approximate surface area is 134 Å². The van der Waals surface area contributed by atoms with Gasteiger partial charge in [0.1, 0.15) is 0 Å². The number of ether oxygens (including phenoxy) is 1. The maximum Gasteiger partial charge on any atom is 0.160 e. The fourth-order valence-corrected chi connectivity index (χ4v) is 2.15. The molecule has 0 unspecified atom stereocenters. The second-order valence-electron chi connectivity index (χ2n) is 5.26. The van der Waals surface area contributed by atoms with E-state index in [0.717, 1.165) is 44.9 Å². The highest BCUT2D eigenvalue weighted by atomic mass is 19.2. The van der Waals surface area contributed by atoms with Crippen molar-refractivity contribution in [2.45, 2.75) is 0 Å². The molecule has 23 heavy (non-hydrogen) atoms. The summed E-state index contributed by atoms with van der Waals surface area (Å²) in [6.07, 6.45) is 3.04. The van der Waals surface area contributed by atoms with Crippen molar-refractivity contribution in [3.05, 3.63) is 41.6 Å². The highest BCUT2D eigenvalue weighted by Gasteiger charge is 2.08. The molecule has 0 aromatic heterocycles. The molecular weight excluding hydrogens is 302 g/mol. The molecule has 0 amide bonds. The van der Waals surface area contributed by atoms with Crippen molar-refractivity contribution in [2.75, 3.05) is 45.9 Å². The Bertz CT molecular complexity index is 557. The normalized spacial score (nSPS) is 17.0. The minimum absolute atomic E-state index is 0.315. The van der Waals surface area contributed by atoms with E-state index in [-0.39, 0.29) is 0 Å². The summed E-state index contributed by atoms with van der Waals surface area (Å²) in [4.78, 5) is 6.33. The molecule has 1 saturated heterocycles. The van der Waals surface area contributed by atoms with E-state index in [1.54, 1.807) is 6.08 Å². The molecular formula is C16H22F2N4O. The lowest BCUT2D eigenvalue weighted by molar-refractivity contribution is 0.113. The van der Waals surface area contributed by atoms with E-state index < -0.39 is 11.6 Å². The van der Waals surface area contributed by atoms with E-state index in [0.29, 0.717) is 24.6 Å². The standard InChI is InChI=1S/C16H22F2N4O/c17-15-2-1-14(11-16(15)18)21-4-3-13(19)12-23-10-9-22-7-5-20-6-8-22/h1-4,11,20H,5-10,12,19H2. The van der Waals surface area contributed by atoms with Crippen LogP contribution < -0.4 is 11.1 Å². The molecule has 0 saturated carbocycles. The minimum atomic E-state index is -0.923. The highest BCUT2D eigenvalue weighted by Crippen LogP contribution is 2.15. The van der Waals surface area contributed by atoms with Crippen molar-refractivity contribution >= 4 is 11.9 Å². The second kappa shape index (κ2) is 9.34. The molecule has 5 nitrogen and oxygen atoms in total. The molecule has 7 heteroatoms. The minimum Gasteiger partial charge on any atom is -0.400 e. The molecule has 1 aromatic rings. The van der Waals surface area contributed by atoms with Crippen molar-refractivity contribution < 1.29 is 13.5 Å². The third kappa shape index (κ3) is 6.43. The smallest absolute Gasteiger partial charge is 0.160 e. The number of halogens is 2. The van der Waals surface area contributed by atoms with Crippen LogP contribution >= 0.6 is 0 Å². The van der Waals surface area contributed by atoms with Gasteiger partial charge in [-0.05, 0) is 18.2 Å². The van der Waals surface area contributed by atoms with Gasteiger partial charge in [0, 0.05) is 50.7 Å². The number of nitrogens with zero attached hydrogens (tertiary/aromatic N) is 2. The van der Waals surface area contributed by atoms with E-state index in [1.807, 2.05) is 0 Å². The Morgan fingerprint density at radius 3 is 2.83 bits per heavy atom. The van der Waals surface area contributed by atoms with Crippen LogP contribution in [0.25, 0.3) is 0 Å². The zero-order chi connectivity index (χ0) is 16.5. The lowest BCUT2D eigenvalue weighted by Crippen LogP contribution is -2.44. The number of nitrogens with one attached hydrogen (secondary N) is 1. The lowest BCUT2D eigenvalue weighted by atomic mass is 10.3. The van der Waals surface area contributed by atoms with Crippen molar-refractivity contribution in [3.63, 3.8) is 0 Å². The van der Waals surface area contributed by atoms with Gasteiger partial charge >= 0.3 is 0 Å². The first-order chi connectivity index (χ1) is 11.1. The molecule has 126 valence electrons. The van der Waals surface area contributed by atoms with Crippen molar-refractivity contribution in [2.24, 2.45) is 10.7 Å². The Hall–Kier alpha value is -1.83. The summed E-state index contributed by atoms with van der Waals surface area (Å²) in [7, 11) is 0. The van der Waals surface area contributed by atoms with Gasteiger partial charge in [-0.1, -0.05) is 0 Å². The largest absolute Gasteiger partial charge is 0.400 e. The van der Waals surface area contributed by atoms with Gasteiger partial charge in [-0.2, -0.15) is 0 Å². The van der Waals surface area contributed by atoms with Crippen LogP contribution in [0.1, 0.15) is 0 Å². The van der Waals surface area contributed by atoms with Crippen molar-refractivity contribution in [1.82, 2.24) is 10.2 Å². The quantitative estimate of drug-likeness (QED) is 0.588. The molecule has 0 radical (unpaired) electrons. The molecule has 2 rings (SSSR count). The van der Waals surface area contributed by atoms with E-state index >= 15 is 0 Å². The Morgan fingerprint density at radius 1 is 1.30 bits per heavy atom. The maximum absolute atomic E-state index is 13.0. The number of hydrogen-bond donors (Lipinski definition) is 2. The zero-order valence-electron chi connectivity index (χ0n) is 13.0. The number of allylic oxidation sites excluding steroid dienone is 1. The fraction of sp³-hybridized carbons (Fsp3) is 0.438. The average molecular weight is 324 g/mol. The van der Waals surface area contributed by atoms with Crippen LogP contribution in [-0.2, 0) is 4.74 Å². The third-order valence-corrected chi connectivity index (χ3v) is 3.45. The second-order valence-corrected chi connectivity index (χ2v) is 5.26. The number of benzene rings is 1. The number of aliphatic imine (C=N–C) groups is 1. The molecule has 1 aliphatic heterocycles. The molecule has 1 aromatic carbocycles. The van der Waals surface area contributed by atoms with E-state index in [1.165, 1.54) is 12.3 Å². The topological polar surface area (TPSA) is 62.9 Å². The average Bonchev–Trinajstić information content (AvgIpc) is 2.56. The van der Waals surface area contributed by atoms with Crippen LogP contribution in [0.5, 0.6) is 0 Å². The number of hydrogen-bond acceptors (Lipinski definition) is 5. The Morgan fingerprint density at radius 2 is 2.09 bits per heavy atom. The lowest BCUT2D eigenvalue weighted by Gasteiger charge is -2.26. The van der Waals surface area contributed by atoms with Crippen LogP contribution in [0, 0.1) is 11.6 Å². The van der Waals surface area contributed by atoms with Gasteiger partial charge in [-0.15, -0.1) is 0 Å². The monoisotopic (exact) mass is 324 g/mol. The van der Waals surface area contributed by atoms with E-state index in [9.17, 15) is 8.78 Å². The third-order valence-electron chi connectivity index (χ3n) is 3.45. The summed E-state index contributed by atoms with van der Waals surface area (Å²) in [5.41, 5.74) is 6.65. The molecule has 1 heterocycles. The van der Waals surface area contributed by atoms with Crippen LogP contribution in [0.3, 0.4) is 0 Å². The number of nitrogens with two attached hydrogens (primary N) is 1. The first kappa shape index (κ1) is 17.5. The molecule has 1 fully saturated rings. The molecule has 1 aliphatic rings. The van der Waals surface area contributed by atoms with Gasteiger partial charge in [0.15, 0.2) is 11.6 Å².